The van der Waals surface area contributed by atoms with Crippen molar-refractivity contribution in [3.63, 3.8) is 0 Å². The monoisotopic (exact) mass is 461 g/mol. The minimum atomic E-state index is -0.172. The molecule has 0 aliphatic carbocycles. The Kier molecular flexibility index (Phi) is 9.39. The summed E-state index contributed by atoms with van der Waals surface area (Å²) in [5.41, 5.74) is 3.22. The van der Waals surface area contributed by atoms with Crippen LogP contribution in [0.2, 0.25) is 0 Å². The summed E-state index contributed by atoms with van der Waals surface area (Å²) < 4.78 is 16.4. The van der Waals surface area contributed by atoms with Crippen LogP contribution in [0.5, 0.6) is 17.2 Å². The van der Waals surface area contributed by atoms with E-state index in [9.17, 15) is 4.79 Å². The van der Waals surface area contributed by atoms with Crippen molar-refractivity contribution >= 4 is 5.91 Å². The SMILES string of the molecule is CCOc1ccc(CN(CCc2ccc(OC)c(OC)c2)C(=O)C(CC)c2ccccc2)cc1. The molecule has 0 fully saturated rings. The van der Waals surface area contributed by atoms with E-state index in [0.717, 1.165) is 28.9 Å². The highest BCUT2D eigenvalue weighted by molar-refractivity contribution is 5.83. The summed E-state index contributed by atoms with van der Waals surface area (Å²) in [7, 11) is 3.26. The van der Waals surface area contributed by atoms with E-state index in [2.05, 4.69) is 6.92 Å². The van der Waals surface area contributed by atoms with Gasteiger partial charge in [0.05, 0.1) is 26.7 Å². The summed E-state index contributed by atoms with van der Waals surface area (Å²) in [6.07, 6.45) is 1.47. The molecule has 0 heterocycles. The van der Waals surface area contributed by atoms with Gasteiger partial charge in [0.15, 0.2) is 11.5 Å². The number of hydrogen-bond acceptors (Lipinski definition) is 4. The van der Waals surface area contributed by atoms with Crippen molar-refractivity contribution in [2.24, 2.45) is 0 Å². The third kappa shape index (κ3) is 6.53. The van der Waals surface area contributed by atoms with Gasteiger partial charge in [-0.25, -0.2) is 0 Å². The summed E-state index contributed by atoms with van der Waals surface area (Å²) in [6.45, 7) is 5.81. The molecule has 3 rings (SSSR count). The number of rotatable bonds is 12. The first-order chi connectivity index (χ1) is 16.6. The van der Waals surface area contributed by atoms with Crippen LogP contribution in [-0.4, -0.2) is 38.2 Å². The van der Waals surface area contributed by atoms with Gasteiger partial charge < -0.3 is 19.1 Å². The Morgan fingerprint density at radius 1 is 0.853 bits per heavy atom. The molecular formula is C29H35NO4. The van der Waals surface area contributed by atoms with Gasteiger partial charge in [-0.15, -0.1) is 0 Å². The lowest BCUT2D eigenvalue weighted by Gasteiger charge is -2.28. The standard InChI is InChI=1S/C29H35NO4/c1-5-26(24-10-8-7-9-11-24)29(31)30(21-23-12-15-25(16-13-23)34-6-2)19-18-22-14-17-27(32-3)28(20-22)33-4/h7-17,20,26H,5-6,18-19,21H2,1-4H3. The number of benzene rings is 3. The van der Waals surface area contributed by atoms with Crippen molar-refractivity contribution in [1.82, 2.24) is 4.90 Å². The second-order valence-corrected chi connectivity index (χ2v) is 8.15. The van der Waals surface area contributed by atoms with Crippen LogP contribution in [0.1, 0.15) is 42.9 Å². The Bertz CT molecular complexity index is 1030. The Balaban J connectivity index is 1.82. The number of ether oxygens (including phenoxy) is 3. The molecule has 0 bridgehead atoms. The summed E-state index contributed by atoms with van der Waals surface area (Å²) in [5.74, 6) is 2.20. The number of methoxy groups -OCH3 is 2. The van der Waals surface area contributed by atoms with Crippen molar-refractivity contribution < 1.29 is 19.0 Å². The Morgan fingerprint density at radius 2 is 1.53 bits per heavy atom. The lowest BCUT2D eigenvalue weighted by molar-refractivity contribution is -0.133. The highest BCUT2D eigenvalue weighted by Crippen LogP contribution is 2.28. The van der Waals surface area contributed by atoms with Gasteiger partial charge in [-0.1, -0.05) is 55.5 Å². The first kappa shape index (κ1) is 25.2. The minimum absolute atomic E-state index is 0.142. The maximum absolute atomic E-state index is 13.8. The Labute approximate surface area is 203 Å². The molecule has 5 nitrogen and oxygen atoms in total. The fourth-order valence-electron chi connectivity index (χ4n) is 4.10. The van der Waals surface area contributed by atoms with E-state index in [4.69, 9.17) is 14.2 Å². The second kappa shape index (κ2) is 12.7. The van der Waals surface area contributed by atoms with Crippen LogP contribution in [0.15, 0.2) is 72.8 Å². The molecule has 1 atom stereocenters. The molecular weight excluding hydrogens is 426 g/mol. The maximum atomic E-state index is 13.8. The van der Waals surface area contributed by atoms with Crippen LogP contribution in [0, 0.1) is 0 Å². The third-order valence-electron chi connectivity index (χ3n) is 5.95. The Hall–Kier alpha value is -3.47. The maximum Gasteiger partial charge on any atom is 0.230 e. The molecule has 34 heavy (non-hydrogen) atoms. The van der Waals surface area contributed by atoms with E-state index in [1.807, 2.05) is 84.6 Å². The molecule has 0 saturated carbocycles. The van der Waals surface area contributed by atoms with E-state index in [-0.39, 0.29) is 11.8 Å². The van der Waals surface area contributed by atoms with Gasteiger partial charge >= 0.3 is 0 Å². The zero-order valence-electron chi connectivity index (χ0n) is 20.6. The van der Waals surface area contributed by atoms with Gasteiger partial charge in [0.2, 0.25) is 5.91 Å². The summed E-state index contributed by atoms with van der Waals surface area (Å²) in [5, 5.41) is 0. The van der Waals surface area contributed by atoms with Gasteiger partial charge in [-0.3, -0.25) is 4.79 Å². The molecule has 1 unspecified atom stereocenters. The number of carbonyl (C=O) groups excluding carboxylic acids is 1. The molecule has 1 amide bonds. The number of nitrogens with zero attached hydrogens (tertiary/aromatic N) is 1. The highest BCUT2D eigenvalue weighted by atomic mass is 16.5. The summed E-state index contributed by atoms with van der Waals surface area (Å²) in [6, 6.07) is 23.9. The van der Waals surface area contributed by atoms with E-state index in [1.54, 1.807) is 14.2 Å². The van der Waals surface area contributed by atoms with Gasteiger partial charge in [-0.2, -0.15) is 0 Å². The van der Waals surface area contributed by atoms with Crippen LogP contribution in [0.4, 0.5) is 0 Å². The topological polar surface area (TPSA) is 48.0 Å². The molecule has 0 aliphatic heterocycles. The number of hydrogen-bond donors (Lipinski definition) is 0. The molecule has 0 aromatic heterocycles. The van der Waals surface area contributed by atoms with Crippen LogP contribution < -0.4 is 14.2 Å². The molecule has 3 aromatic carbocycles. The zero-order chi connectivity index (χ0) is 24.3. The van der Waals surface area contributed by atoms with Crippen LogP contribution >= 0.6 is 0 Å². The van der Waals surface area contributed by atoms with Crippen molar-refractivity contribution in [3.05, 3.63) is 89.5 Å². The van der Waals surface area contributed by atoms with Crippen LogP contribution in [0.25, 0.3) is 0 Å². The van der Waals surface area contributed by atoms with Crippen molar-refractivity contribution in [2.45, 2.75) is 39.2 Å². The highest BCUT2D eigenvalue weighted by Gasteiger charge is 2.24. The molecule has 5 heteroatoms. The lowest BCUT2D eigenvalue weighted by atomic mass is 9.94. The number of carbonyl (C=O) groups is 1. The van der Waals surface area contributed by atoms with E-state index >= 15 is 0 Å². The first-order valence-electron chi connectivity index (χ1n) is 11.9. The summed E-state index contributed by atoms with van der Waals surface area (Å²) in [4.78, 5) is 15.7. The lowest BCUT2D eigenvalue weighted by Crippen LogP contribution is -2.36. The summed E-state index contributed by atoms with van der Waals surface area (Å²) >= 11 is 0. The second-order valence-electron chi connectivity index (χ2n) is 8.15. The zero-order valence-corrected chi connectivity index (χ0v) is 20.6. The van der Waals surface area contributed by atoms with Gasteiger partial charge in [0, 0.05) is 13.1 Å². The molecule has 0 N–H and O–H groups in total. The fraction of sp³-hybridized carbons (Fsp3) is 0.345. The predicted octanol–water partition coefficient (Wildman–Crippen LogP) is 5.87. The minimum Gasteiger partial charge on any atom is -0.494 e. The van der Waals surface area contributed by atoms with Crippen molar-refractivity contribution in [2.75, 3.05) is 27.4 Å². The van der Waals surface area contributed by atoms with Gasteiger partial charge in [-0.05, 0) is 60.7 Å². The smallest absolute Gasteiger partial charge is 0.230 e. The van der Waals surface area contributed by atoms with Gasteiger partial charge in [0.1, 0.15) is 5.75 Å². The van der Waals surface area contributed by atoms with Crippen LogP contribution in [0.3, 0.4) is 0 Å². The third-order valence-corrected chi connectivity index (χ3v) is 5.95. The largest absolute Gasteiger partial charge is 0.494 e. The van der Waals surface area contributed by atoms with E-state index < -0.39 is 0 Å². The van der Waals surface area contributed by atoms with Crippen LogP contribution in [-0.2, 0) is 17.8 Å². The normalized spacial score (nSPS) is 11.5. The van der Waals surface area contributed by atoms with Gasteiger partial charge in [0.25, 0.3) is 0 Å². The van der Waals surface area contributed by atoms with Crippen molar-refractivity contribution in [3.8, 4) is 17.2 Å². The molecule has 0 radical (unpaired) electrons. The van der Waals surface area contributed by atoms with Crippen molar-refractivity contribution in [1.29, 1.82) is 0 Å². The van der Waals surface area contributed by atoms with E-state index in [0.29, 0.717) is 37.6 Å². The average Bonchev–Trinajstić information content (AvgIpc) is 2.88. The fourth-order valence-corrected chi connectivity index (χ4v) is 4.10. The molecule has 0 saturated heterocycles. The molecule has 0 spiro atoms. The molecule has 180 valence electrons. The predicted molar refractivity (Wildman–Crippen MR) is 136 cm³/mol. The first-order valence-corrected chi connectivity index (χ1v) is 11.9. The molecule has 0 aliphatic rings. The Morgan fingerprint density at radius 3 is 2.15 bits per heavy atom. The van der Waals surface area contributed by atoms with E-state index in [1.165, 1.54) is 0 Å². The quantitative estimate of drug-likeness (QED) is 0.339. The molecule has 3 aromatic rings. The number of amides is 1. The average molecular weight is 462 g/mol.